The summed E-state index contributed by atoms with van der Waals surface area (Å²) in [6, 6.07) is 5.83. The molecule has 1 aliphatic heterocycles. The molecule has 2 N–H and O–H groups in total. The van der Waals surface area contributed by atoms with Crippen LogP contribution in [-0.2, 0) is 15.3 Å². The topological polar surface area (TPSA) is 71.3 Å². The minimum Gasteiger partial charge on any atom is -0.393 e. The molecule has 0 aliphatic carbocycles. The Morgan fingerprint density at radius 1 is 1.08 bits per heavy atom. The zero-order valence-electron chi connectivity index (χ0n) is 14.2. The second-order valence-corrected chi connectivity index (χ2v) is 7.18. The van der Waals surface area contributed by atoms with Crippen LogP contribution in [0.2, 0.25) is 0 Å². The number of hydrogen-bond acceptors (Lipinski definition) is 5. The lowest BCUT2D eigenvalue weighted by molar-refractivity contribution is -0.193. The van der Waals surface area contributed by atoms with Crippen LogP contribution in [0.1, 0.15) is 45.1 Å². The lowest BCUT2D eigenvalue weighted by atomic mass is 10.1. The van der Waals surface area contributed by atoms with Gasteiger partial charge >= 0.3 is 0 Å². The molecular formula is C18H26BrNO4. The predicted octanol–water partition coefficient (Wildman–Crippen LogP) is 3.67. The third-order valence-corrected chi connectivity index (χ3v) is 4.37. The van der Waals surface area contributed by atoms with E-state index in [1.54, 1.807) is 20.1 Å². The molecule has 2 rings (SSSR count). The molecule has 2 unspecified atom stereocenters. The molecule has 134 valence electrons. The first kappa shape index (κ1) is 19.5. The van der Waals surface area contributed by atoms with Crippen LogP contribution in [0.4, 0.5) is 5.69 Å². The number of ether oxygens (including phenoxy) is 2. The van der Waals surface area contributed by atoms with Gasteiger partial charge < -0.3 is 19.7 Å². The molecular weight excluding hydrogens is 374 g/mol. The van der Waals surface area contributed by atoms with Crippen LogP contribution >= 0.6 is 15.9 Å². The molecule has 0 spiro atoms. The van der Waals surface area contributed by atoms with E-state index in [1.165, 1.54) is 0 Å². The van der Waals surface area contributed by atoms with Gasteiger partial charge in [-0.15, -0.1) is 0 Å². The summed E-state index contributed by atoms with van der Waals surface area (Å²) in [6.07, 6.45) is 3.88. The number of aliphatic imine (C=N–C) groups is 1. The summed E-state index contributed by atoms with van der Waals surface area (Å²) in [5.74, 6) is -0.990. The Morgan fingerprint density at radius 3 is 2.21 bits per heavy atom. The Morgan fingerprint density at radius 2 is 1.67 bits per heavy atom. The second kappa shape index (κ2) is 9.06. The van der Waals surface area contributed by atoms with E-state index in [1.807, 2.05) is 18.2 Å². The molecule has 1 aromatic rings. The smallest absolute Gasteiger partial charge is 0.235 e. The van der Waals surface area contributed by atoms with Crippen molar-refractivity contribution in [1.82, 2.24) is 0 Å². The third-order valence-electron chi connectivity index (χ3n) is 3.87. The van der Waals surface area contributed by atoms with E-state index >= 15 is 0 Å². The van der Waals surface area contributed by atoms with Gasteiger partial charge in [-0.25, -0.2) is 0 Å². The van der Waals surface area contributed by atoms with Gasteiger partial charge in [0.2, 0.25) is 5.79 Å². The van der Waals surface area contributed by atoms with Gasteiger partial charge in [-0.2, -0.15) is 0 Å². The number of aliphatic hydroxyl groups excluding tert-OH is 2. The Kier molecular flexibility index (Phi) is 7.37. The molecule has 0 saturated heterocycles. The summed E-state index contributed by atoms with van der Waals surface area (Å²) in [5, 5.41) is 18.8. The van der Waals surface area contributed by atoms with Crippen molar-refractivity contribution in [2.45, 2.75) is 57.5 Å². The molecule has 1 aromatic carbocycles. The Hall–Kier alpha value is -0.790. The molecule has 0 radical (unpaired) electrons. The fourth-order valence-electron chi connectivity index (χ4n) is 2.60. The Bertz CT molecular complexity index is 544. The molecule has 5 nitrogen and oxygen atoms in total. The van der Waals surface area contributed by atoms with Gasteiger partial charge in [0.1, 0.15) is 0 Å². The van der Waals surface area contributed by atoms with Crippen molar-refractivity contribution < 1.29 is 19.7 Å². The standard InChI is InChI=1S/C18H26BrNO4/c1-13(21)5-3-9-23-18(24-10-4-6-14(2)22)12-20-17-8-7-15(19)11-16(17)18/h7-8,11-14,21-22H,3-6,9-10H2,1-2H3. The van der Waals surface area contributed by atoms with Crippen LogP contribution < -0.4 is 0 Å². The quantitative estimate of drug-likeness (QED) is 0.464. The first-order valence-corrected chi connectivity index (χ1v) is 9.21. The minimum absolute atomic E-state index is 0.338. The van der Waals surface area contributed by atoms with E-state index in [9.17, 15) is 10.2 Å². The average molecular weight is 400 g/mol. The van der Waals surface area contributed by atoms with E-state index in [4.69, 9.17) is 9.47 Å². The third kappa shape index (κ3) is 5.36. The summed E-state index contributed by atoms with van der Waals surface area (Å²) in [5.41, 5.74) is 1.72. The highest BCUT2D eigenvalue weighted by Crippen LogP contribution is 2.40. The lowest BCUT2D eigenvalue weighted by Crippen LogP contribution is -2.34. The lowest BCUT2D eigenvalue weighted by Gasteiger charge is -2.28. The number of rotatable bonds is 10. The van der Waals surface area contributed by atoms with E-state index in [0.717, 1.165) is 28.6 Å². The molecule has 0 saturated carbocycles. The van der Waals surface area contributed by atoms with Crippen molar-refractivity contribution >= 4 is 27.8 Å². The minimum atomic E-state index is -0.990. The predicted molar refractivity (Wildman–Crippen MR) is 97.7 cm³/mol. The van der Waals surface area contributed by atoms with Gasteiger partial charge in [0.05, 0.1) is 37.3 Å². The van der Waals surface area contributed by atoms with Gasteiger partial charge in [0.15, 0.2) is 0 Å². The summed E-state index contributed by atoms with van der Waals surface area (Å²) in [6.45, 7) is 4.48. The number of benzene rings is 1. The van der Waals surface area contributed by atoms with Crippen LogP contribution in [0.15, 0.2) is 27.7 Å². The molecule has 1 heterocycles. The van der Waals surface area contributed by atoms with Crippen molar-refractivity contribution in [1.29, 1.82) is 0 Å². The van der Waals surface area contributed by atoms with Crippen LogP contribution in [-0.4, -0.2) is 41.8 Å². The number of fused-ring (bicyclic) bond motifs is 1. The van der Waals surface area contributed by atoms with E-state index < -0.39 is 5.79 Å². The summed E-state index contributed by atoms with van der Waals surface area (Å²) >= 11 is 3.49. The van der Waals surface area contributed by atoms with Crippen molar-refractivity contribution in [3.8, 4) is 0 Å². The summed E-state index contributed by atoms with van der Waals surface area (Å²) in [7, 11) is 0. The fourth-order valence-corrected chi connectivity index (χ4v) is 2.96. The molecule has 0 aromatic heterocycles. The highest BCUT2D eigenvalue weighted by atomic mass is 79.9. The number of aliphatic hydroxyl groups is 2. The SMILES string of the molecule is CC(O)CCCOC1(OCCCC(C)O)C=Nc2ccc(Br)cc21. The molecule has 6 heteroatoms. The first-order valence-electron chi connectivity index (χ1n) is 8.42. The molecule has 0 bridgehead atoms. The van der Waals surface area contributed by atoms with Crippen LogP contribution in [0.5, 0.6) is 0 Å². The number of halogens is 1. The van der Waals surface area contributed by atoms with Crippen LogP contribution in [0, 0.1) is 0 Å². The molecule has 2 atom stereocenters. The first-order chi connectivity index (χ1) is 11.4. The second-order valence-electron chi connectivity index (χ2n) is 6.27. The van der Waals surface area contributed by atoms with Crippen LogP contribution in [0.25, 0.3) is 0 Å². The van der Waals surface area contributed by atoms with Crippen molar-refractivity contribution in [2.24, 2.45) is 4.99 Å². The Balaban J connectivity index is 2.06. The van der Waals surface area contributed by atoms with Gasteiger partial charge in [-0.1, -0.05) is 15.9 Å². The highest BCUT2D eigenvalue weighted by molar-refractivity contribution is 9.10. The Labute approximate surface area is 151 Å². The maximum absolute atomic E-state index is 9.39. The number of hydrogen-bond donors (Lipinski definition) is 2. The van der Waals surface area contributed by atoms with E-state index in [-0.39, 0.29) is 12.2 Å². The zero-order chi connectivity index (χ0) is 17.6. The highest BCUT2D eigenvalue weighted by Gasteiger charge is 2.39. The van der Waals surface area contributed by atoms with Crippen LogP contribution in [0.3, 0.4) is 0 Å². The summed E-state index contributed by atoms with van der Waals surface area (Å²) in [4.78, 5) is 4.43. The maximum atomic E-state index is 9.39. The average Bonchev–Trinajstić information content (AvgIpc) is 2.87. The van der Waals surface area contributed by atoms with Crippen molar-refractivity contribution in [2.75, 3.05) is 13.2 Å². The molecule has 24 heavy (non-hydrogen) atoms. The van der Waals surface area contributed by atoms with Crippen molar-refractivity contribution in [3.05, 3.63) is 28.2 Å². The van der Waals surface area contributed by atoms with E-state index in [2.05, 4.69) is 20.9 Å². The monoisotopic (exact) mass is 399 g/mol. The largest absolute Gasteiger partial charge is 0.393 e. The normalized spacial score (nSPS) is 21.7. The maximum Gasteiger partial charge on any atom is 0.235 e. The van der Waals surface area contributed by atoms with Gasteiger partial charge in [0.25, 0.3) is 0 Å². The number of nitrogens with zero attached hydrogens (tertiary/aromatic N) is 1. The zero-order valence-corrected chi connectivity index (χ0v) is 15.8. The van der Waals surface area contributed by atoms with Crippen molar-refractivity contribution in [3.63, 3.8) is 0 Å². The van der Waals surface area contributed by atoms with Gasteiger partial charge in [-0.05, 0) is 57.7 Å². The molecule has 1 aliphatic rings. The fraction of sp³-hybridized carbons (Fsp3) is 0.611. The van der Waals surface area contributed by atoms with Gasteiger partial charge in [-0.3, -0.25) is 4.99 Å². The molecule has 0 fully saturated rings. The summed E-state index contributed by atoms with van der Waals surface area (Å²) < 4.78 is 13.1. The van der Waals surface area contributed by atoms with E-state index in [0.29, 0.717) is 26.1 Å². The molecule has 0 amide bonds. The van der Waals surface area contributed by atoms with Gasteiger partial charge in [0, 0.05) is 10.0 Å².